The molecule has 7 nitrogen and oxygen atoms in total. The zero-order valence-electron chi connectivity index (χ0n) is 19.9. The van der Waals surface area contributed by atoms with Crippen LogP contribution in [0.3, 0.4) is 0 Å². The van der Waals surface area contributed by atoms with E-state index in [1.165, 1.54) is 24.9 Å². The van der Waals surface area contributed by atoms with Crippen molar-refractivity contribution >= 4 is 5.91 Å². The van der Waals surface area contributed by atoms with Crippen LogP contribution >= 0.6 is 0 Å². The highest BCUT2D eigenvalue weighted by Gasteiger charge is 2.32. The van der Waals surface area contributed by atoms with Crippen molar-refractivity contribution in [2.75, 3.05) is 39.8 Å². The molecule has 33 heavy (non-hydrogen) atoms. The standard InChI is InChI=1S/C26H37N5O2/c1-20-5-6-25(15-29-20)33-19-22-14-23(18-31(17-22)16-21-7-10-27-11-8-21)26(32)28-12-9-24-4-3-13-30(24)2/h5-8,10-11,15,22-24H,3-4,9,12-14,16-19H2,1-2H3,(H,28,32)/t22-,23+,24-/m0/s1. The van der Waals surface area contributed by atoms with E-state index in [-0.39, 0.29) is 11.8 Å². The van der Waals surface area contributed by atoms with E-state index < -0.39 is 0 Å². The summed E-state index contributed by atoms with van der Waals surface area (Å²) in [5.74, 6) is 1.23. The van der Waals surface area contributed by atoms with Crippen molar-refractivity contribution in [3.8, 4) is 5.75 Å². The molecule has 2 saturated heterocycles. The van der Waals surface area contributed by atoms with Crippen molar-refractivity contribution in [1.82, 2.24) is 25.1 Å². The first-order valence-electron chi connectivity index (χ1n) is 12.2. The van der Waals surface area contributed by atoms with E-state index in [2.05, 4.69) is 32.1 Å². The highest BCUT2D eigenvalue weighted by atomic mass is 16.5. The number of nitrogens with zero attached hydrogens (tertiary/aromatic N) is 4. The summed E-state index contributed by atoms with van der Waals surface area (Å²) in [5.41, 5.74) is 2.20. The number of rotatable bonds is 9. The molecule has 0 bridgehead atoms. The summed E-state index contributed by atoms with van der Waals surface area (Å²) in [7, 11) is 2.19. The van der Waals surface area contributed by atoms with E-state index in [1.54, 1.807) is 6.20 Å². The molecule has 0 radical (unpaired) electrons. The van der Waals surface area contributed by atoms with Crippen molar-refractivity contribution in [1.29, 1.82) is 0 Å². The molecule has 7 heteroatoms. The number of likely N-dealkylation sites (tertiary alicyclic amines) is 2. The summed E-state index contributed by atoms with van der Waals surface area (Å²) in [6.45, 7) is 7.00. The number of piperidine rings is 1. The molecule has 2 aromatic heterocycles. The Morgan fingerprint density at radius 3 is 2.79 bits per heavy atom. The summed E-state index contributed by atoms with van der Waals surface area (Å²) < 4.78 is 6.05. The molecule has 0 saturated carbocycles. The second-order valence-electron chi connectivity index (χ2n) is 9.65. The van der Waals surface area contributed by atoms with Crippen molar-refractivity contribution in [2.24, 2.45) is 11.8 Å². The van der Waals surface area contributed by atoms with Gasteiger partial charge in [0.25, 0.3) is 0 Å². The van der Waals surface area contributed by atoms with Gasteiger partial charge in [0.05, 0.1) is 18.7 Å². The SMILES string of the molecule is Cc1ccc(OC[C@H]2C[C@@H](C(=O)NCC[C@@H]3CCCN3C)CN(Cc3ccncc3)C2)cn1. The minimum Gasteiger partial charge on any atom is -0.492 e. The Morgan fingerprint density at radius 2 is 2.06 bits per heavy atom. The van der Waals surface area contributed by atoms with Gasteiger partial charge in [-0.2, -0.15) is 0 Å². The molecule has 2 fully saturated rings. The number of pyridine rings is 2. The topological polar surface area (TPSA) is 70.6 Å². The lowest BCUT2D eigenvalue weighted by molar-refractivity contribution is -0.127. The number of nitrogens with one attached hydrogen (secondary N) is 1. The maximum atomic E-state index is 13.1. The molecule has 2 aliphatic heterocycles. The Balaban J connectivity index is 1.34. The predicted octanol–water partition coefficient (Wildman–Crippen LogP) is 2.90. The lowest BCUT2D eigenvalue weighted by Gasteiger charge is -2.37. The first-order chi connectivity index (χ1) is 16.1. The largest absolute Gasteiger partial charge is 0.492 e. The summed E-state index contributed by atoms with van der Waals surface area (Å²) in [4.78, 5) is 26.3. The Bertz CT molecular complexity index is 876. The molecule has 4 heterocycles. The minimum absolute atomic E-state index is 0.0216. The van der Waals surface area contributed by atoms with Crippen LogP contribution in [-0.4, -0.2) is 71.6 Å². The second-order valence-corrected chi connectivity index (χ2v) is 9.65. The second kappa shape index (κ2) is 11.6. The van der Waals surface area contributed by atoms with Gasteiger partial charge in [0.15, 0.2) is 0 Å². The maximum Gasteiger partial charge on any atom is 0.224 e. The average molecular weight is 452 g/mol. The number of carbonyl (C=O) groups excluding carboxylic acids is 1. The van der Waals surface area contributed by atoms with Gasteiger partial charge >= 0.3 is 0 Å². The molecule has 0 aliphatic carbocycles. The van der Waals surface area contributed by atoms with Crippen LogP contribution in [0, 0.1) is 18.8 Å². The van der Waals surface area contributed by atoms with Crippen LogP contribution in [0.25, 0.3) is 0 Å². The normalized spacial score (nSPS) is 24.0. The highest BCUT2D eigenvalue weighted by molar-refractivity contribution is 5.79. The number of aryl methyl sites for hydroxylation is 1. The fourth-order valence-corrected chi connectivity index (χ4v) is 5.09. The summed E-state index contributed by atoms with van der Waals surface area (Å²) in [5, 5.41) is 3.23. The molecule has 178 valence electrons. The number of hydrogen-bond donors (Lipinski definition) is 1. The van der Waals surface area contributed by atoms with Crippen molar-refractivity contribution < 1.29 is 9.53 Å². The van der Waals surface area contributed by atoms with Gasteiger partial charge in [-0.25, -0.2) is 0 Å². The van der Waals surface area contributed by atoms with Gasteiger partial charge < -0.3 is 15.0 Å². The fraction of sp³-hybridized carbons (Fsp3) is 0.577. The Labute approximate surface area is 197 Å². The van der Waals surface area contributed by atoms with Gasteiger partial charge in [-0.15, -0.1) is 0 Å². The fourth-order valence-electron chi connectivity index (χ4n) is 5.09. The van der Waals surface area contributed by atoms with Crippen LogP contribution in [0.4, 0.5) is 0 Å². The van der Waals surface area contributed by atoms with Crippen LogP contribution in [0.5, 0.6) is 5.75 Å². The smallest absolute Gasteiger partial charge is 0.224 e. The number of amides is 1. The monoisotopic (exact) mass is 451 g/mol. The first-order valence-corrected chi connectivity index (χ1v) is 12.2. The summed E-state index contributed by atoms with van der Waals surface area (Å²) in [6.07, 6.45) is 9.81. The lowest BCUT2D eigenvalue weighted by Crippen LogP contribution is -2.47. The van der Waals surface area contributed by atoms with Crippen LogP contribution in [0.15, 0.2) is 42.9 Å². The third-order valence-electron chi connectivity index (χ3n) is 6.96. The van der Waals surface area contributed by atoms with Crippen LogP contribution in [-0.2, 0) is 11.3 Å². The van der Waals surface area contributed by atoms with E-state index in [0.29, 0.717) is 18.6 Å². The predicted molar refractivity (Wildman–Crippen MR) is 129 cm³/mol. The van der Waals surface area contributed by atoms with Gasteiger partial charge in [-0.05, 0) is 76.0 Å². The molecule has 0 unspecified atom stereocenters. The van der Waals surface area contributed by atoms with Crippen molar-refractivity contribution in [3.63, 3.8) is 0 Å². The lowest BCUT2D eigenvalue weighted by atomic mass is 9.88. The molecule has 4 rings (SSSR count). The molecule has 0 aromatic carbocycles. The average Bonchev–Trinajstić information content (AvgIpc) is 3.24. The van der Waals surface area contributed by atoms with E-state index in [9.17, 15) is 4.79 Å². The maximum absolute atomic E-state index is 13.1. The van der Waals surface area contributed by atoms with E-state index in [1.807, 2.05) is 43.6 Å². The molecule has 1 N–H and O–H groups in total. The quantitative estimate of drug-likeness (QED) is 0.632. The molecule has 0 spiro atoms. The molecule has 3 atom stereocenters. The van der Waals surface area contributed by atoms with Crippen LogP contribution in [0.1, 0.15) is 36.9 Å². The summed E-state index contributed by atoms with van der Waals surface area (Å²) in [6, 6.07) is 8.62. The first kappa shape index (κ1) is 23.6. The van der Waals surface area contributed by atoms with Gasteiger partial charge in [0.1, 0.15) is 5.75 Å². The zero-order chi connectivity index (χ0) is 23.0. The minimum atomic E-state index is -0.0216. The number of aromatic nitrogens is 2. The highest BCUT2D eigenvalue weighted by Crippen LogP contribution is 2.25. The molecule has 2 aromatic rings. The Hall–Kier alpha value is -2.51. The molecular weight excluding hydrogens is 414 g/mol. The third-order valence-corrected chi connectivity index (χ3v) is 6.96. The van der Waals surface area contributed by atoms with Crippen molar-refractivity contribution in [3.05, 3.63) is 54.1 Å². The number of ether oxygens (including phenoxy) is 1. The van der Waals surface area contributed by atoms with E-state index in [4.69, 9.17) is 4.74 Å². The number of hydrogen-bond acceptors (Lipinski definition) is 6. The third kappa shape index (κ3) is 6.98. The van der Waals surface area contributed by atoms with Gasteiger partial charge in [-0.3, -0.25) is 19.7 Å². The van der Waals surface area contributed by atoms with Crippen molar-refractivity contribution in [2.45, 2.75) is 45.2 Å². The Morgan fingerprint density at radius 1 is 1.21 bits per heavy atom. The van der Waals surface area contributed by atoms with E-state index >= 15 is 0 Å². The van der Waals surface area contributed by atoms with Crippen LogP contribution < -0.4 is 10.1 Å². The summed E-state index contributed by atoms with van der Waals surface area (Å²) >= 11 is 0. The van der Waals surface area contributed by atoms with Gasteiger partial charge in [0.2, 0.25) is 5.91 Å². The van der Waals surface area contributed by atoms with Gasteiger partial charge in [0, 0.05) is 56.2 Å². The Kier molecular flexibility index (Phi) is 8.29. The molecule has 1 amide bonds. The molecular formula is C26H37N5O2. The van der Waals surface area contributed by atoms with E-state index in [0.717, 1.165) is 50.5 Å². The zero-order valence-corrected chi connectivity index (χ0v) is 19.9. The van der Waals surface area contributed by atoms with Gasteiger partial charge in [-0.1, -0.05) is 0 Å². The molecule has 2 aliphatic rings. The van der Waals surface area contributed by atoms with Crippen LogP contribution in [0.2, 0.25) is 0 Å². The number of carbonyl (C=O) groups is 1.